The molecule has 13 heavy (non-hydrogen) atoms. The van der Waals surface area contributed by atoms with E-state index in [1.54, 1.807) is 0 Å². The van der Waals surface area contributed by atoms with Crippen LogP contribution in [0.2, 0.25) is 0 Å². The molecule has 0 amide bonds. The largest absolute Gasteiger partial charge is 0.367 e. The molecule has 1 heterocycles. The standard InChI is InChI=1S/C11H20N2/c1-9(11(2,3)4)13-8-10-5-6-12-7-10/h5-7,9,12-13H,8H2,1-4H3. The van der Waals surface area contributed by atoms with Crippen LogP contribution in [0, 0.1) is 5.41 Å². The molecule has 74 valence electrons. The fraction of sp³-hybridized carbons (Fsp3) is 0.636. The highest BCUT2D eigenvalue weighted by Gasteiger charge is 2.18. The molecule has 1 atom stereocenters. The minimum atomic E-state index is 0.330. The van der Waals surface area contributed by atoms with Gasteiger partial charge in [-0.2, -0.15) is 0 Å². The molecule has 0 spiro atoms. The van der Waals surface area contributed by atoms with Crippen LogP contribution in [0.5, 0.6) is 0 Å². The number of H-pyrrole nitrogens is 1. The third kappa shape index (κ3) is 3.23. The Balaban J connectivity index is 2.35. The number of aromatic nitrogens is 1. The summed E-state index contributed by atoms with van der Waals surface area (Å²) in [6.45, 7) is 9.93. The summed E-state index contributed by atoms with van der Waals surface area (Å²) in [5.41, 5.74) is 1.65. The molecule has 0 aliphatic rings. The van der Waals surface area contributed by atoms with Crippen LogP contribution in [0.4, 0.5) is 0 Å². The van der Waals surface area contributed by atoms with Crippen molar-refractivity contribution in [2.45, 2.75) is 40.3 Å². The predicted molar refractivity (Wildman–Crippen MR) is 56.5 cm³/mol. The van der Waals surface area contributed by atoms with Crippen LogP contribution in [-0.4, -0.2) is 11.0 Å². The topological polar surface area (TPSA) is 27.8 Å². The molecular formula is C11H20N2. The van der Waals surface area contributed by atoms with Gasteiger partial charge in [0.05, 0.1) is 0 Å². The highest BCUT2D eigenvalue weighted by molar-refractivity contribution is 5.07. The predicted octanol–water partition coefficient (Wildman–Crippen LogP) is 2.54. The van der Waals surface area contributed by atoms with Gasteiger partial charge in [-0.15, -0.1) is 0 Å². The van der Waals surface area contributed by atoms with Gasteiger partial charge in [0.25, 0.3) is 0 Å². The summed E-state index contributed by atoms with van der Waals surface area (Å²) in [6, 6.07) is 2.63. The first-order chi connectivity index (χ1) is 6.00. The number of nitrogens with one attached hydrogen (secondary N) is 2. The van der Waals surface area contributed by atoms with Gasteiger partial charge in [-0.3, -0.25) is 0 Å². The van der Waals surface area contributed by atoms with Gasteiger partial charge in [0, 0.05) is 25.0 Å². The molecule has 0 saturated heterocycles. The van der Waals surface area contributed by atoms with Crippen LogP contribution in [0.3, 0.4) is 0 Å². The van der Waals surface area contributed by atoms with Crippen LogP contribution in [0.25, 0.3) is 0 Å². The van der Waals surface area contributed by atoms with Gasteiger partial charge < -0.3 is 10.3 Å². The Labute approximate surface area is 80.7 Å². The minimum Gasteiger partial charge on any atom is -0.367 e. The quantitative estimate of drug-likeness (QED) is 0.735. The van der Waals surface area contributed by atoms with Crippen LogP contribution >= 0.6 is 0 Å². The van der Waals surface area contributed by atoms with Gasteiger partial charge in [-0.25, -0.2) is 0 Å². The smallest absolute Gasteiger partial charge is 0.0223 e. The minimum absolute atomic E-state index is 0.330. The third-order valence-electron chi connectivity index (χ3n) is 2.57. The maximum absolute atomic E-state index is 3.50. The number of rotatable bonds is 3. The van der Waals surface area contributed by atoms with Crippen LogP contribution < -0.4 is 5.32 Å². The number of hydrogen-bond acceptors (Lipinski definition) is 1. The summed E-state index contributed by atoms with van der Waals surface area (Å²) in [7, 11) is 0. The summed E-state index contributed by atoms with van der Waals surface area (Å²) < 4.78 is 0. The summed E-state index contributed by atoms with van der Waals surface area (Å²) in [5.74, 6) is 0. The molecule has 2 heteroatoms. The van der Waals surface area contributed by atoms with Gasteiger partial charge in [-0.1, -0.05) is 20.8 Å². The zero-order valence-corrected chi connectivity index (χ0v) is 9.02. The van der Waals surface area contributed by atoms with Crippen LogP contribution in [0.15, 0.2) is 18.5 Å². The molecule has 1 rings (SSSR count). The molecular weight excluding hydrogens is 160 g/mol. The first-order valence-electron chi connectivity index (χ1n) is 4.85. The Kier molecular flexibility index (Phi) is 3.15. The van der Waals surface area contributed by atoms with E-state index in [0.29, 0.717) is 11.5 Å². The molecule has 1 aromatic heterocycles. The molecule has 0 saturated carbocycles. The third-order valence-corrected chi connectivity index (χ3v) is 2.57. The maximum Gasteiger partial charge on any atom is 0.0223 e. The van der Waals surface area contributed by atoms with E-state index in [1.165, 1.54) is 5.56 Å². The van der Waals surface area contributed by atoms with Crippen molar-refractivity contribution in [3.8, 4) is 0 Å². The van der Waals surface area contributed by atoms with E-state index in [9.17, 15) is 0 Å². The second-order valence-electron chi connectivity index (χ2n) is 4.69. The fourth-order valence-corrected chi connectivity index (χ4v) is 1.05. The molecule has 0 aliphatic heterocycles. The Bertz CT molecular complexity index is 231. The molecule has 1 unspecified atom stereocenters. The van der Waals surface area contributed by atoms with Crippen molar-refractivity contribution >= 4 is 0 Å². The second kappa shape index (κ2) is 3.97. The van der Waals surface area contributed by atoms with Crippen molar-refractivity contribution in [2.24, 2.45) is 5.41 Å². The Morgan fingerprint density at radius 3 is 2.62 bits per heavy atom. The van der Waals surface area contributed by atoms with Crippen molar-refractivity contribution in [1.82, 2.24) is 10.3 Å². The fourth-order valence-electron chi connectivity index (χ4n) is 1.05. The summed E-state index contributed by atoms with van der Waals surface area (Å²) >= 11 is 0. The molecule has 0 radical (unpaired) electrons. The highest BCUT2D eigenvalue weighted by atomic mass is 14.9. The van der Waals surface area contributed by atoms with Gasteiger partial charge in [0.15, 0.2) is 0 Å². The Hall–Kier alpha value is -0.760. The lowest BCUT2D eigenvalue weighted by molar-refractivity contribution is 0.285. The molecule has 0 fully saturated rings. The first kappa shape index (κ1) is 10.3. The van der Waals surface area contributed by atoms with Crippen molar-refractivity contribution in [3.05, 3.63) is 24.0 Å². The molecule has 2 nitrogen and oxygen atoms in total. The Morgan fingerprint density at radius 1 is 1.46 bits per heavy atom. The lowest BCUT2D eigenvalue weighted by atomic mass is 9.88. The van der Waals surface area contributed by atoms with Gasteiger partial charge in [0.1, 0.15) is 0 Å². The van der Waals surface area contributed by atoms with E-state index in [4.69, 9.17) is 0 Å². The normalized spacial score (nSPS) is 14.5. The van der Waals surface area contributed by atoms with Crippen molar-refractivity contribution < 1.29 is 0 Å². The summed E-state index contributed by atoms with van der Waals surface area (Å²) in [4.78, 5) is 3.05. The SMILES string of the molecule is CC(NCc1cc[nH]c1)C(C)(C)C. The van der Waals surface area contributed by atoms with E-state index in [0.717, 1.165) is 6.54 Å². The van der Waals surface area contributed by atoms with E-state index in [1.807, 2.05) is 12.4 Å². The van der Waals surface area contributed by atoms with Crippen LogP contribution in [0.1, 0.15) is 33.3 Å². The molecule has 2 N–H and O–H groups in total. The van der Waals surface area contributed by atoms with E-state index in [-0.39, 0.29) is 0 Å². The van der Waals surface area contributed by atoms with E-state index < -0.39 is 0 Å². The second-order valence-corrected chi connectivity index (χ2v) is 4.69. The lowest BCUT2D eigenvalue weighted by Gasteiger charge is -2.28. The van der Waals surface area contributed by atoms with E-state index >= 15 is 0 Å². The monoisotopic (exact) mass is 180 g/mol. The van der Waals surface area contributed by atoms with Crippen LogP contribution in [-0.2, 0) is 6.54 Å². The molecule has 1 aromatic rings. The first-order valence-corrected chi connectivity index (χ1v) is 4.85. The Morgan fingerprint density at radius 2 is 2.15 bits per heavy atom. The zero-order chi connectivity index (χ0) is 9.90. The molecule has 0 aliphatic carbocycles. The average Bonchev–Trinajstić information content (AvgIpc) is 2.50. The van der Waals surface area contributed by atoms with Gasteiger partial charge in [0.2, 0.25) is 0 Å². The number of hydrogen-bond donors (Lipinski definition) is 2. The van der Waals surface area contributed by atoms with Gasteiger partial charge in [-0.05, 0) is 24.0 Å². The van der Waals surface area contributed by atoms with Crippen molar-refractivity contribution in [2.75, 3.05) is 0 Å². The van der Waals surface area contributed by atoms with Crippen molar-refractivity contribution in [1.29, 1.82) is 0 Å². The van der Waals surface area contributed by atoms with E-state index in [2.05, 4.69) is 44.1 Å². The average molecular weight is 180 g/mol. The zero-order valence-electron chi connectivity index (χ0n) is 9.02. The van der Waals surface area contributed by atoms with Crippen molar-refractivity contribution in [3.63, 3.8) is 0 Å². The molecule has 0 aromatic carbocycles. The van der Waals surface area contributed by atoms with Gasteiger partial charge >= 0.3 is 0 Å². The summed E-state index contributed by atoms with van der Waals surface area (Å²) in [6.07, 6.45) is 3.99. The summed E-state index contributed by atoms with van der Waals surface area (Å²) in [5, 5.41) is 3.50. The highest BCUT2D eigenvalue weighted by Crippen LogP contribution is 2.18. The maximum atomic E-state index is 3.50. The molecule has 0 bridgehead atoms. The lowest BCUT2D eigenvalue weighted by Crippen LogP contribution is -2.37. The number of aromatic amines is 1.